The van der Waals surface area contributed by atoms with Crippen molar-refractivity contribution < 1.29 is 18.7 Å². The Hall–Kier alpha value is -4.00. The maximum absolute atomic E-state index is 11.0. The van der Waals surface area contributed by atoms with Gasteiger partial charge in [-0.3, -0.25) is 4.98 Å². The second-order valence-electron chi connectivity index (χ2n) is 7.35. The van der Waals surface area contributed by atoms with E-state index < -0.39 is 5.76 Å². The van der Waals surface area contributed by atoms with Crippen LogP contribution < -0.4 is 10.5 Å². The van der Waals surface area contributed by atoms with Gasteiger partial charge in [-0.2, -0.15) is 0 Å². The molecule has 7 nitrogen and oxygen atoms in total. The average molecular weight is 432 g/mol. The minimum atomic E-state index is -0.626. The zero-order chi connectivity index (χ0) is 22.2. The highest BCUT2D eigenvalue weighted by Crippen LogP contribution is 2.18. The van der Waals surface area contributed by atoms with E-state index in [0.717, 1.165) is 36.3 Å². The van der Waals surface area contributed by atoms with Gasteiger partial charge in [-0.25, -0.2) is 9.78 Å². The third-order valence-corrected chi connectivity index (χ3v) is 4.92. The lowest BCUT2D eigenvalue weighted by atomic mass is 10.1. The normalized spacial score (nSPS) is 11.2. The molecule has 2 aromatic heterocycles. The van der Waals surface area contributed by atoms with Crippen molar-refractivity contribution in [3.05, 3.63) is 99.9 Å². The zero-order valence-corrected chi connectivity index (χ0v) is 17.5. The summed E-state index contributed by atoms with van der Waals surface area (Å²) in [6.45, 7) is 0.327. The standard InChI is InChI=1S/C25H24N2O5/c28-24-22(32-25(29)27-24)9-5-4-8-19-10-13-21(14-11-19)30-16-20-17-31-23(26-20)15-12-18-6-2-1-3-7-18/h1-3,6-7,10-15,17,28H,4-5,8-9,16H2,(H,27,29). The molecule has 2 heterocycles. The molecule has 0 atom stereocenters. The van der Waals surface area contributed by atoms with E-state index in [9.17, 15) is 9.90 Å². The Morgan fingerprint density at radius 3 is 2.53 bits per heavy atom. The van der Waals surface area contributed by atoms with Crippen molar-refractivity contribution in [1.29, 1.82) is 0 Å². The number of ether oxygens (including phenoxy) is 1. The fourth-order valence-corrected chi connectivity index (χ4v) is 3.24. The first-order valence-electron chi connectivity index (χ1n) is 10.5. The fourth-order valence-electron chi connectivity index (χ4n) is 3.24. The van der Waals surface area contributed by atoms with Gasteiger partial charge in [-0.05, 0) is 48.6 Å². The number of aromatic amines is 1. The van der Waals surface area contributed by atoms with Gasteiger partial charge in [0.25, 0.3) is 0 Å². The summed E-state index contributed by atoms with van der Waals surface area (Å²) in [4.78, 5) is 17.6. The van der Waals surface area contributed by atoms with Crippen LogP contribution in [0.15, 0.2) is 74.5 Å². The van der Waals surface area contributed by atoms with E-state index in [4.69, 9.17) is 13.6 Å². The minimum Gasteiger partial charge on any atom is -0.492 e. The van der Waals surface area contributed by atoms with E-state index in [0.29, 0.717) is 24.7 Å². The molecule has 0 aliphatic rings. The zero-order valence-electron chi connectivity index (χ0n) is 17.5. The summed E-state index contributed by atoms with van der Waals surface area (Å²) in [6.07, 6.45) is 8.50. The molecule has 4 rings (SSSR count). The first kappa shape index (κ1) is 21.2. The molecule has 0 radical (unpaired) electrons. The summed E-state index contributed by atoms with van der Waals surface area (Å²) < 4.78 is 16.2. The lowest BCUT2D eigenvalue weighted by Gasteiger charge is -2.06. The van der Waals surface area contributed by atoms with Gasteiger partial charge < -0.3 is 18.7 Å². The van der Waals surface area contributed by atoms with Crippen LogP contribution in [-0.4, -0.2) is 15.1 Å². The van der Waals surface area contributed by atoms with Crippen LogP contribution in [0, 0.1) is 0 Å². The molecular formula is C25H24N2O5. The maximum Gasteiger partial charge on any atom is 0.419 e. The number of nitrogens with zero attached hydrogens (tertiary/aromatic N) is 1. The van der Waals surface area contributed by atoms with E-state index in [1.54, 1.807) is 6.26 Å². The number of aromatic nitrogens is 2. The van der Waals surface area contributed by atoms with Crippen molar-refractivity contribution in [2.75, 3.05) is 0 Å². The van der Waals surface area contributed by atoms with Gasteiger partial charge >= 0.3 is 5.76 Å². The number of hydrogen-bond donors (Lipinski definition) is 2. The molecule has 0 fully saturated rings. The SMILES string of the molecule is O=c1[nH]c(O)c(CCCCc2ccc(OCc3coc(C=Cc4ccccc4)n3)cc2)o1. The molecule has 0 saturated heterocycles. The third-order valence-electron chi connectivity index (χ3n) is 4.92. The highest BCUT2D eigenvalue weighted by molar-refractivity contribution is 5.65. The molecule has 2 N–H and O–H groups in total. The van der Waals surface area contributed by atoms with Crippen LogP contribution in [0.4, 0.5) is 0 Å². The highest BCUT2D eigenvalue weighted by Gasteiger charge is 2.08. The molecule has 0 bridgehead atoms. The number of unbranched alkanes of at least 4 members (excludes halogenated alkanes) is 1. The Morgan fingerprint density at radius 1 is 1.00 bits per heavy atom. The first-order valence-corrected chi connectivity index (χ1v) is 10.5. The van der Waals surface area contributed by atoms with Crippen LogP contribution in [0.2, 0.25) is 0 Å². The van der Waals surface area contributed by atoms with Gasteiger partial charge in [-0.1, -0.05) is 42.5 Å². The molecular weight excluding hydrogens is 408 g/mol. The van der Waals surface area contributed by atoms with Crippen LogP contribution in [0.5, 0.6) is 11.6 Å². The summed E-state index contributed by atoms with van der Waals surface area (Å²) in [5, 5.41) is 9.51. The van der Waals surface area contributed by atoms with Crippen LogP contribution in [-0.2, 0) is 19.4 Å². The van der Waals surface area contributed by atoms with E-state index in [2.05, 4.69) is 9.97 Å². The lowest BCUT2D eigenvalue weighted by Crippen LogP contribution is -1.96. The minimum absolute atomic E-state index is 0.178. The maximum atomic E-state index is 11.0. The topological polar surface area (TPSA) is 101 Å². The molecule has 7 heteroatoms. The molecule has 0 aliphatic carbocycles. The van der Waals surface area contributed by atoms with Gasteiger partial charge in [0, 0.05) is 12.5 Å². The van der Waals surface area contributed by atoms with Crippen molar-refractivity contribution in [2.45, 2.75) is 32.3 Å². The van der Waals surface area contributed by atoms with Crippen LogP contribution in [0.25, 0.3) is 12.2 Å². The van der Waals surface area contributed by atoms with E-state index >= 15 is 0 Å². The number of H-pyrrole nitrogens is 1. The molecule has 0 amide bonds. The van der Waals surface area contributed by atoms with Crippen LogP contribution >= 0.6 is 0 Å². The molecule has 32 heavy (non-hydrogen) atoms. The van der Waals surface area contributed by atoms with Crippen molar-refractivity contribution in [1.82, 2.24) is 9.97 Å². The van der Waals surface area contributed by atoms with E-state index in [1.807, 2.05) is 66.7 Å². The molecule has 164 valence electrons. The molecule has 0 spiro atoms. The number of aromatic hydroxyl groups is 1. The quantitative estimate of drug-likeness (QED) is 0.343. The number of oxazole rings is 2. The third kappa shape index (κ3) is 6.01. The van der Waals surface area contributed by atoms with Crippen LogP contribution in [0.1, 0.15) is 41.3 Å². The van der Waals surface area contributed by atoms with Gasteiger partial charge in [-0.15, -0.1) is 0 Å². The highest BCUT2D eigenvalue weighted by atomic mass is 16.5. The second kappa shape index (κ2) is 10.3. The Bertz CT molecular complexity index is 1200. The smallest absolute Gasteiger partial charge is 0.419 e. The monoisotopic (exact) mass is 432 g/mol. The van der Waals surface area contributed by atoms with Crippen molar-refractivity contribution >= 4 is 12.2 Å². The number of hydrogen-bond acceptors (Lipinski definition) is 6. The lowest BCUT2D eigenvalue weighted by molar-refractivity contribution is 0.301. The molecule has 0 unspecified atom stereocenters. The summed E-state index contributed by atoms with van der Waals surface area (Å²) in [5.74, 6) is 0.805. The van der Waals surface area contributed by atoms with Gasteiger partial charge in [0.15, 0.2) is 5.76 Å². The van der Waals surface area contributed by atoms with Gasteiger partial charge in [0.05, 0.1) is 0 Å². The molecule has 0 saturated carbocycles. The number of benzene rings is 2. The Morgan fingerprint density at radius 2 is 1.78 bits per heavy atom. The summed E-state index contributed by atoms with van der Waals surface area (Å²) in [5.41, 5.74) is 2.99. The largest absolute Gasteiger partial charge is 0.492 e. The molecule has 2 aromatic carbocycles. The van der Waals surface area contributed by atoms with E-state index in [-0.39, 0.29) is 5.88 Å². The van der Waals surface area contributed by atoms with Crippen LogP contribution in [0.3, 0.4) is 0 Å². The number of rotatable bonds is 10. The second-order valence-corrected chi connectivity index (χ2v) is 7.35. The number of nitrogens with one attached hydrogen (secondary N) is 1. The Labute approximate surface area is 185 Å². The summed E-state index contributed by atoms with van der Waals surface area (Å²) in [7, 11) is 0. The fraction of sp³-hybridized carbons (Fsp3) is 0.200. The number of aryl methyl sites for hydroxylation is 2. The van der Waals surface area contributed by atoms with Crippen molar-refractivity contribution in [3.63, 3.8) is 0 Å². The summed E-state index contributed by atoms with van der Waals surface area (Å²) >= 11 is 0. The van der Waals surface area contributed by atoms with E-state index in [1.165, 1.54) is 5.56 Å². The average Bonchev–Trinajstić information content (AvgIpc) is 3.40. The predicted octanol–water partition coefficient (Wildman–Crippen LogP) is 4.98. The molecule has 4 aromatic rings. The van der Waals surface area contributed by atoms with Gasteiger partial charge in [0.1, 0.15) is 24.3 Å². The van der Waals surface area contributed by atoms with Crippen molar-refractivity contribution in [2.24, 2.45) is 0 Å². The van der Waals surface area contributed by atoms with Gasteiger partial charge in [0.2, 0.25) is 11.8 Å². The predicted molar refractivity (Wildman–Crippen MR) is 120 cm³/mol. The first-order chi connectivity index (χ1) is 15.7. The summed E-state index contributed by atoms with van der Waals surface area (Å²) in [6, 6.07) is 17.9. The van der Waals surface area contributed by atoms with Crippen molar-refractivity contribution in [3.8, 4) is 11.6 Å². The Kier molecular flexibility index (Phi) is 6.87. The Balaban J connectivity index is 1.20. The molecule has 0 aliphatic heterocycles.